The molecule has 0 saturated carbocycles. The van der Waals surface area contributed by atoms with E-state index in [1.54, 1.807) is 30.3 Å². The molecule has 2 aromatic rings. The third kappa shape index (κ3) is 4.42. The van der Waals surface area contributed by atoms with Crippen molar-refractivity contribution in [2.45, 2.75) is 13.8 Å². The van der Waals surface area contributed by atoms with Crippen LogP contribution in [-0.2, 0) is 4.79 Å². The number of hydrogen-bond acceptors (Lipinski definition) is 4. The van der Waals surface area contributed by atoms with Gasteiger partial charge in [0.05, 0.1) is 5.56 Å². The lowest BCUT2D eigenvalue weighted by molar-refractivity contribution is -0.121. The summed E-state index contributed by atoms with van der Waals surface area (Å²) in [6.45, 7) is 3.44. The van der Waals surface area contributed by atoms with Gasteiger partial charge in [0.2, 0.25) is 0 Å². The molecule has 0 aromatic heterocycles. The number of aldehydes is 1. The average molecular weight is 326 g/mol. The summed E-state index contributed by atoms with van der Waals surface area (Å²) >= 11 is 0. The van der Waals surface area contributed by atoms with Crippen LogP contribution in [-0.4, -0.2) is 24.8 Å². The lowest BCUT2D eigenvalue weighted by Gasteiger charge is -2.11. The number of anilines is 1. The smallest absolute Gasteiger partial charge is 0.325 e. The quantitative estimate of drug-likeness (QED) is 0.828. The first-order valence-corrected chi connectivity index (χ1v) is 7.35. The van der Waals surface area contributed by atoms with E-state index >= 15 is 0 Å². The monoisotopic (exact) mass is 326 g/mol. The minimum absolute atomic E-state index is 0.289. The van der Waals surface area contributed by atoms with E-state index in [1.165, 1.54) is 0 Å². The minimum Gasteiger partial charge on any atom is -0.483 e. The minimum atomic E-state index is -0.638. The molecule has 0 unspecified atom stereocenters. The van der Waals surface area contributed by atoms with Crippen LogP contribution < -0.4 is 15.4 Å². The summed E-state index contributed by atoms with van der Waals surface area (Å²) < 4.78 is 5.26. The molecule has 0 radical (unpaired) electrons. The van der Waals surface area contributed by atoms with Crippen molar-refractivity contribution < 1.29 is 19.1 Å². The number of carbonyl (C=O) groups is 3. The molecule has 0 heterocycles. The van der Waals surface area contributed by atoms with Gasteiger partial charge in [-0.05, 0) is 43.2 Å². The van der Waals surface area contributed by atoms with E-state index in [0.717, 1.165) is 11.1 Å². The van der Waals surface area contributed by atoms with Gasteiger partial charge < -0.3 is 10.1 Å². The number of nitrogens with one attached hydrogen (secondary N) is 2. The first kappa shape index (κ1) is 17.2. The van der Waals surface area contributed by atoms with E-state index in [9.17, 15) is 14.4 Å². The normalized spacial score (nSPS) is 9.92. The molecule has 6 heteroatoms. The number of benzene rings is 2. The molecule has 0 spiro atoms. The molecule has 0 saturated heterocycles. The Labute approximate surface area is 139 Å². The van der Waals surface area contributed by atoms with Crippen molar-refractivity contribution in [2.75, 3.05) is 11.9 Å². The maximum Gasteiger partial charge on any atom is 0.325 e. The topological polar surface area (TPSA) is 84.5 Å². The maximum absolute atomic E-state index is 11.9. The number of urea groups is 1. The van der Waals surface area contributed by atoms with Crippen LogP contribution in [0.5, 0.6) is 5.75 Å². The zero-order valence-electron chi connectivity index (χ0n) is 13.5. The van der Waals surface area contributed by atoms with Gasteiger partial charge in [-0.2, -0.15) is 0 Å². The fourth-order valence-electron chi connectivity index (χ4n) is 2.06. The number of ether oxygens (including phenoxy) is 1. The Morgan fingerprint density at radius 2 is 1.83 bits per heavy atom. The Balaban J connectivity index is 1.89. The Morgan fingerprint density at radius 1 is 1.08 bits per heavy atom. The van der Waals surface area contributed by atoms with E-state index in [0.29, 0.717) is 17.5 Å². The van der Waals surface area contributed by atoms with Crippen LogP contribution in [0.2, 0.25) is 0 Å². The molecule has 0 bridgehead atoms. The fraction of sp³-hybridized carbons (Fsp3) is 0.167. The molecular weight excluding hydrogens is 308 g/mol. The number of amides is 3. The first-order valence-electron chi connectivity index (χ1n) is 7.35. The molecule has 2 rings (SSSR count). The molecule has 2 N–H and O–H groups in total. The number of para-hydroxylation sites is 1. The van der Waals surface area contributed by atoms with Crippen molar-refractivity contribution in [3.05, 3.63) is 59.2 Å². The summed E-state index contributed by atoms with van der Waals surface area (Å²) in [7, 11) is 0. The van der Waals surface area contributed by atoms with Crippen LogP contribution in [0, 0.1) is 13.8 Å². The zero-order chi connectivity index (χ0) is 17.5. The summed E-state index contributed by atoms with van der Waals surface area (Å²) in [5.41, 5.74) is 2.93. The van der Waals surface area contributed by atoms with Crippen LogP contribution in [0.1, 0.15) is 21.5 Å². The second-order valence-corrected chi connectivity index (χ2v) is 5.19. The highest BCUT2D eigenvalue weighted by Gasteiger charge is 2.11. The molecule has 0 atom stereocenters. The molecule has 0 aliphatic carbocycles. The molecule has 24 heavy (non-hydrogen) atoms. The van der Waals surface area contributed by atoms with Gasteiger partial charge in [-0.1, -0.05) is 24.3 Å². The highest BCUT2D eigenvalue weighted by atomic mass is 16.5. The van der Waals surface area contributed by atoms with Crippen molar-refractivity contribution in [1.82, 2.24) is 5.32 Å². The lowest BCUT2D eigenvalue weighted by atomic mass is 10.1. The molecule has 0 aliphatic rings. The van der Waals surface area contributed by atoms with Gasteiger partial charge in [0.25, 0.3) is 5.91 Å². The molecule has 3 amide bonds. The molecule has 6 nitrogen and oxygen atoms in total. The number of rotatable bonds is 5. The van der Waals surface area contributed by atoms with Crippen LogP contribution in [0.4, 0.5) is 10.5 Å². The van der Waals surface area contributed by atoms with Crippen LogP contribution >= 0.6 is 0 Å². The second-order valence-electron chi connectivity index (χ2n) is 5.19. The predicted octanol–water partition coefficient (Wildman–Crippen LogP) is 2.84. The van der Waals surface area contributed by atoms with Crippen molar-refractivity contribution in [3.8, 4) is 5.75 Å². The Hall–Kier alpha value is -3.15. The van der Waals surface area contributed by atoms with Gasteiger partial charge in [0.1, 0.15) is 5.75 Å². The highest BCUT2D eigenvalue weighted by Crippen LogP contribution is 2.18. The molecular formula is C18H18N2O4. The highest BCUT2D eigenvalue weighted by molar-refractivity contribution is 6.02. The molecule has 124 valence electrons. The van der Waals surface area contributed by atoms with Gasteiger partial charge in [-0.25, -0.2) is 4.79 Å². The van der Waals surface area contributed by atoms with Crippen LogP contribution in [0.25, 0.3) is 0 Å². The molecule has 2 aromatic carbocycles. The Kier molecular flexibility index (Phi) is 5.68. The standard InChI is InChI=1S/C18H18N2O4/c1-12-6-5-8-15(13(12)2)19-18(23)20-17(22)11-24-16-9-4-3-7-14(16)10-21/h3-10H,11H2,1-2H3,(H2,19,20,22,23). The SMILES string of the molecule is Cc1cccc(NC(=O)NC(=O)COc2ccccc2C=O)c1C. The van der Waals surface area contributed by atoms with E-state index in [-0.39, 0.29) is 12.4 Å². The van der Waals surface area contributed by atoms with Gasteiger partial charge in [-0.3, -0.25) is 14.9 Å². The lowest BCUT2D eigenvalue weighted by Crippen LogP contribution is -2.37. The summed E-state index contributed by atoms with van der Waals surface area (Å²) in [4.78, 5) is 34.5. The third-order valence-corrected chi connectivity index (χ3v) is 3.51. The van der Waals surface area contributed by atoms with E-state index < -0.39 is 11.9 Å². The van der Waals surface area contributed by atoms with Gasteiger partial charge in [-0.15, -0.1) is 0 Å². The Morgan fingerprint density at radius 3 is 2.58 bits per heavy atom. The number of carbonyl (C=O) groups excluding carboxylic acids is 3. The number of hydrogen-bond donors (Lipinski definition) is 2. The van der Waals surface area contributed by atoms with Gasteiger partial charge in [0, 0.05) is 5.69 Å². The van der Waals surface area contributed by atoms with E-state index in [4.69, 9.17) is 4.74 Å². The summed E-state index contributed by atoms with van der Waals surface area (Å²) in [6, 6.07) is 11.4. The number of imide groups is 1. The van der Waals surface area contributed by atoms with Crippen molar-refractivity contribution in [1.29, 1.82) is 0 Å². The number of aryl methyl sites for hydroxylation is 1. The van der Waals surface area contributed by atoms with Gasteiger partial charge >= 0.3 is 6.03 Å². The second kappa shape index (κ2) is 7.92. The summed E-state index contributed by atoms with van der Waals surface area (Å²) in [6.07, 6.45) is 0.639. The molecule has 0 fully saturated rings. The average Bonchev–Trinajstić information content (AvgIpc) is 2.57. The van der Waals surface area contributed by atoms with Crippen molar-refractivity contribution >= 4 is 23.9 Å². The van der Waals surface area contributed by atoms with Gasteiger partial charge in [0.15, 0.2) is 12.9 Å². The van der Waals surface area contributed by atoms with Crippen LogP contribution in [0.15, 0.2) is 42.5 Å². The third-order valence-electron chi connectivity index (χ3n) is 3.51. The van der Waals surface area contributed by atoms with Crippen LogP contribution in [0.3, 0.4) is 0 Å². The Bertz CT molecular complexity index is 771. The maximum atomic E-state index is 11.9. The first-order chi connectivity index (χ1) is 11.5. The van der Waals surface area contributed by atoms with E-state index in [2.05, 4.69) is 10.6 Å². The van der Waals surface area contributed by atoms with Crippen molar-refractivity contribution in [3.63, 3.8) is 0 Å². The molecule has 0 aliphatic heterocycles. The zero-order valence-corrected chi connectivity index (χ0v) is 13.5. The summed E-state index contributed by atoms with van der Waals surface area (Å²) in [5, 5.41) is 4.80. The largest absolute Gasteiger partial charge is 0.483 e. The predicted molar refractivity (Wildman–Crippen MR) is 90.4 cm³/mol. The fourth-order valence-corrected chi connectivity index (χ4v) is 2.06. The van der Waals surface area contributed by atoms with Crippen molar-refractivity contribution in [2.24, 2.45) is 0 Å². The summed E-state index contributed by atoms with van der Waals surface area (Å²) in [5.74, 6) is -0.323. The van der Waals surface area contributed by atoms with E-state index in [1.807, 2.05) is 26.0 Å².